The Balaban J connectivity index is 2.08. The lowest BCUT2D eigenvalue weighted by molar-refractivity contribution is 0.386. The maximum Gasteiger partial charge on any atom is 0.165 e. The minimum atomic E-state index is -0.424. The average Bonchev–Trinajstić information content (AvgIpc) is 2.97. The van der Waals surface area contributed by atoms with E-state index in [4.69, 9.17) is 9.26 Å². The quantitative estimate of drug-likeness (QED) is 0.716. The molecule has 3 nitrogen and oxygen atoms in total. The van der Waals surface area contributed by atoms with E-state index in [9.17, 15) is 4.39 Å². The smallest absolute Gasteiger partial charge is 0.165 e. The van der Waals surface area contributed by atoms with Crippen LogP contribution in [-0.4, -0.2) is 12.3 Å². The lowest BCUT2D eigenvalue weighted by Gasteiger charge is -2.05. The first kappa shape index (κ1) is 12.4. The second kappa shape index (κ2) is 5.17. The van der Waals surface area contributed by atoms with Crippen LogP contribution in [0.5, 0.6) is 5.75 Å². The summed E-state index contributed by atoms with van der Waals surface area (Å²) in [6.45, 7) is 0. The molecule has 0 bridgehead atoms. The molecule has 0 aliphatic carbocycles. The first-order valence-corrected chi connectivity index (χ1v) is 6.13. The fraction of sp³-hybridized carbons (Fsp3) is 0.0625. The number of halogens is 1. The Bertz CT molecular complexity index is 722. The van der Waals surface area contributed by atoms with Crippen molar-refractivity contribution in [3.63, 3.8) is 0 Å². The van der Waals surface area contributed by atoms with E-state index in [0.29, 0.717) is 11.3 Å². The number of hydrogen-bond donors (Lipinski definition) is 0. The zero-order chi connectivity index (χ0) is 13.9. The summed E-state index contributed by atoms with van der Waals surface area (Å²) in [4.78, 5) is 0. The van der Waals surface area contributed by atoms with Gasteiger partial charge in [0.25, 0.3) is 0 Å². The summed E-state index contributed by atoms with van der Waals surface area (Å²) >= 11 is 0. The van der Waals surface area contributed by atoms with Crippen LogP contribution in [0, 0.1) is 5.82 Å². The molecule has 0 spiro atoms. The molecule has 20 heavy (non-hydrogen) atoms. The van der Waals surface area contributed by atoms with Gasteiger partial charge in [0.15, 0.2) is 11.6 Å². The Kier molecular flexibility index (Phi) is 3.21. The Morgan fingerprint density at radius 3 is 2.55 bits per heavy atom. The van der Waals surface area contributed by atoms with Crippen LogP contribution in [-0.2, 0) is 0 Å². The van der Waals surface area contributed by atoms with Crippen LogP contribution in [0.15, 0.2) is 59.3 Å². The molecule has 100 valence electrons. The van der Waals surface area contributed by atoms with E-state index in [1.165, 1.54) is 13.2 Å². The number of hydrogen-bond acceptors (Lipinski definition) is 3. The van der Waals surface area contributed by atoms with E-state index in [0.717, 1.165) is 11.1 Å². The van der Waals surface area contributed by atoms with Crippen molar-refractivity contribution in [1.29, 1.82) is 0 Å². The highest BCUT2D eigenvalue weighted by Gasteiger charge is 2.14. The van der Waals surface area contributed by atoms with Crippen LogP contribution >= 0.6 is 0 Å². The average molecular weight is 269 g/mol. The van der Waals surface area contributed by atoms with Crippen LogP contribution in [0.4, 0.5) is 4.39 Å². The molecular formula is C16H12FNO2. The Morgan fingerprint density at radius 1 is 1.05 bits per heavy atom. The van der Waals surface area contributed by atoms with Gasteiger partial charge in [0.05, 0.1) is 7.11 Å². The van der Waals surface area contributed by atoms with E-state index in [1.54, 1.807) is 18.4 Å². The molecule has 0 atom stereocenters. The minimum Gasteiger partial charge on any atom is -0.494 e. The Labute approximate surface area is 115 Å². The van der Waals surface area contributed by atoms with Crippen molar-refractivity contribution >= 4 is 0 Å². The predicted molar refractivity (Wildman–Crippen MR) is 73.9 cm³/mol. The summed E-state index contributed by atoms with van der Waals surface area (Å²) in [6.07, 6.45) is 1.56. The second-order valence-corrected chi connectivity index (χ2v) is 4.29. The van der Waals surface area contributed by atoms with Gasteiger partial charge in [-0.2, -0.15) is 0 Å². The number of rotatable bonds is 3. The van der Waals surface area contributed by atoms with Gasteiger partial charge in [0.2, 0.25) is 0 Å². The lowest BCUT2D eigenvalue weighted by atomic mass is 10.0. The number of nitrogens with zero attached hydrogens (tertiary/aromatic N) is 1. The lowest BCUT2D eigenvalue weighted by Crippen LogP contribution is -1.89. The number of methoxy groups -OCH3 is 1. The van der Waals surface area contributed by atoms with Crippen molar-refractivity contribution in [2.45, 2.75) is 0 Å². The molecule has 0 aliphatic rings. The number of benzene rings is 2. The van der Waals surface area contributed by atoms with Gasteiger partial charge in [0.1, 0.15) is 12.0 Å². The van der Waals surface area contributed by atoms with Crippen LogP contribution in [0.1, 0.15) is 0 Å². The summed E-state index contributed by atoms with van der Waals surface area (Å²) in [6, 6.07) is 14.4. The molecule has 2 aromatic carbocycles. The predicted octanol–water partition coefficient (Wildman–Crippen LogP) is 4.16. The van der Waals surface area contributed by atoms with Gasteiger partial charge in [-0.3, -0.25) is 0 Å². The van der Waals surface area contributed by atoms with Crippen LogP contribution in [0.2, 0.25) is 0 Å². The van der Waals surface area contributed by atoms with Crippen molar-refractivity contribution in [3.8, 4) is 28.1 Å². The Morgan fingerprint density at radius 2 is 1.85 bits per heavy atom. The summed E-state index contributed by atoms with van der Waals surface area (Å²) in [5, 5.41) is 3.98. The monoisotopic (exact) mass is 269 g/mol. The molecule has 0 radical (unpaired) electrons. The third-order valence-electron chi connectivity index (χ3n) is 3.08. The molecule has 0 N–H and O–H groups in total. The second-order valence-electron chi connectivity index (χ2n) is 4.29. The van der Waals surface area contributed by atoms with Crippen LogP contribution in [0.3, 0.4) is 0 Å². The van der Waals surface area contributed by atoms with Crippen LogP contribution in [0.25, 0.3) is 22.4 Å². The maximum absolute atomic E-state index is 13.8. The van der Waals surface area contributed by atoms with Gasteiger partial charge in [-0.15, -0.1) is 0 Å². The summed E-state index contributed by atoms with van der Waals surface area (Å²) in [5.41, 5.74) is 3.06. The molecule has 0 saturated carbocycles. The molecule has 4 heteroatoms. The van der Waals surface area contributed by atoms with E-state index in [-0.39, 0.29) is 5.75 Å². The first-order valence-electron chi connectivity index (χ1n) is 6.13. The largest absolute Gasteiger partial charge is 0.494 e. The topological polar surface area (TPSA) is 35.3 Å². The van der Waals surface area contributed by atoms with E-state index in [2.05, 4.69) is 5.16 Å². The molecule has 1 heterocycles. The number of ether oxygens (including phenoxy) is 1. The van der Waals surface area contributed by atoms with Crippen molar-refractivity contribution in [2.75, 3.05) is 7.11 Å². The third kappa shape index (κ3) is 2.16. The van der Waals surface area contributed by atoms with Gasteiger partial charge < -0.3 is 9.26 Å². The van der Waals surface area contributed by atoms with Crippen LogP contribution < -0.4 is 4.74 Å². The molecule has 0 amide bonds. The molecule has 3 aromatic rings. The molecular weight excluding hydrogens is 257 g/mol. The zero-order valence-corrected chi connectivity index (χ0v) is 10.8. The Hall–Kier alpha value is -2.62. The third-order valence-corrected chi connectivity index (χ3v) is 3.08. The fourth-order valence-electron chi connectivity index (χ4n) is 2.08. The highest BCUT2D eigenvalue weighted by Crippen LogP contribution is 2.32. The molecule has 1 aromatic heterocycles. The first-order chi connectivity index (χ1) is 9.79. The van der Waals surface area contributed by atoms with Crippen molar-refractivity contribution in [2.24, 2.45) is 0 Å². The van der Waals surface area contributed by atoms with Gasteiger partial charge in [-0.05, 0) is 23.8 Å². The van der Waals surface area contributed by atoms with E-state index >= 15 is 0 Å². The maximum atomic E-state index is 13.8. The fourth-order valence-corrected chi connectivity index (χ4v) is 2.08. The van der Waals surface area contributed by atoms with Gasteiger partial charge >= 0.3 is 0 Å². The SMILES string of the molecule is COc1ccc(-c2nocc2-c2ccccc2)cc1F. The zero-order valence-electron chi connectivity index (χ0n) is 10.8. The van der Waals surface area contributed by atoms with Gasteiger partial charge in [-0.1, -0.05) is 35.5 Å². The highest BCUT2D eigenvalue weighted by atomic mass is 19.1. The minimum absolute atomic E-state index is 0.207. The van der Waals surface area contributed by atoms with Gasteiger partial charge in [-0.25, -0.2) is 4.39 Å². The molecule has 0 unspecified atom stereocenters. The molecule has 0 fully saturated rings. The van der Waals surface area contributed by atoms with Crippen molar-refractivity contribution in [1.82, 2.24) is 5.16 Å². The van der Waals surface area contributed by atoms with E-state index < -0.39 is 5.82 Å². The molecule has 3 rings (SSSR count). The normalized spacial score (nSPS) is 10.5. The standard InChI is InChI=1S/C16H12FNO2/c1-19-15-8-7-12(9-14(15)17)16-13(10-20-18-16)11-5-3-2-4-6-11/h2-10H,1H3. The summed E-state index contributed by atoms with van der Waals surface area (Å²) in [7, 11) is 1.43. The van der Waals surface area contributed by atoms with Crippen molar-refractivity contribution in [3.05, 3.63) is 60.6 Å². The molecule has 0 aliphatic heterocycles. The summed E-state index contributed by atoms with van der Waals surface area (Å²) < 4.78 is 23.8. The highest BCUT2D eigenvalue weighted by molar-refractivity contribution is 5.79. The molecule has 0 saturated heterocycles. The number of aromatic nitrogens is 1. The van der Waals surface area contributed by atoms with Crippen molar-refractivity contribution < 1.29 is 13.7 Å². The van der Waals surface area contributed by atoms with E-state index in [1.807, 2.05) is 30.3 Å². The van der Waals surface area contributed by atoms with Gasteiger partial charge in [0, 0.05) is 11.1 Å². The summed E-state index contributed by atoms with van der Waals surface area (Å²) in [5.74, 6) is -0.217.